The fraction of sp³-hybridized carbons (Fsp3) is 0. The molecule has 7 aromatic rings. The van der Waals surface area contributed by atoms with Gasteiger partial charge in [0.05, 0.1) is 11.4 Å². The Hall–Kier alpha value is -6.38. The second-order valence-electron chi connectivity index (χ2n) is 11.6. The summed E-state index contributed by atoms with van der Waals surface area (Å²) in [6.45, 7) is 0. The van der Waals surface area contributed by atoms with Crippen LogP contribution in [0.2, 0.25) is 0 Å². The summed E-state index contributed by atoms with van der Waals surface area (Å²) in [5.74, 6) is 0. The zero-order chi connectivity index (χ0) is 32.5. The normalized spacial score (nSPS) is 11.5. The van der Waals surface area contributed by atoms with E-state index >= 15 is 0 Å². The third kappa shape index (κ3) is 6.89. The van der Waals surface area contributed by atoms with Crippen LogP contribution in [0.15, 0.2) is 199 Å². The quantitative estimate of drug-likeness (QED) is 0.157. The van der Waals surface area contributed by atoms with E-state index in [0.29, 0.717) is 5.71 Å². The number of nitrogens with one attached hydrogen (secondary N) is 1. The van der Waals surface area contributed by atoms with Gasteiger partial charge in [0.15, 0.2) is 0 Å². The molecule has 0 spiro atoms. The lowest BCUT2D eigenvalue weighted by molar-refractivity contribution is 1.46. The zero-order valence-electron chi connectivity index (χ0n) is 26.5. The van der Waals surface area contributed by atoms with Crippen molar-refractivity contribution in [3.63, 3.8) is 0 Å². The van der Waals surface area contributed by atoms with Crippen molar-refractivity contribution in [1.29, 1.82) is 5.41 Å². The lowest BCUT2D eigenvalue weighted by Gasteiger charge is -2.13. The van der Waals surface area contributed by atoms with E-state index in [2.05, 4.69) is 133 Å². The van der Waals surface area contributed by atoms with E-state index in [0.717, 1.165) is 44.6 Å². The van der Waals surface area contributed by atoms with Crippen molar-refractivity contribution in [3.05, 3.63) is 211 Å². The minimum Gasteiger partial charge on any atom is -0.300 e. The van der Waals surface area contributed by atoms with Gasteiger partial charge < -0.3 is 5.41 Å². The van der Waals surface area contributed by atoms with Crippen LogP contribution in [0, 0.1) is 5.41 Å². The summed E-state index contributed by atoms with van der Waals surface area (Å²) in [4.78, 5) is 5.13. The van der Waals surface area contributed by atoms with Crippen LogP contribution in [0.1, 0.15) is 16.7 Å². The third-order valence-electron chi connectivity index (χ3n) is 8.48. The average Bonchev–Trinajstić information content (AvgIpc) is 3.18. The van der Waals surface area contributed by atoms with Gasteiger partial charge in [0.2, 0.25) is 0 Å². The van der Waals surface area contributed by atoms with Crippen LogP contribution >= 0.6 is 0 Å². The van der Waals surface area contributed by atoms with Gasteiger partial charge in [-0.25, -0.2) is 0 Å². The summed E-state index contributed by atoms with van der Waals surface area (Å²) in [5.41, 5.74) is 13.1. The molecular weight excluding hydrogens is 581 g/mol. The number of allylic oxidation sites excluding steroid dienone is 1. The molecule has 2 nitrogen and oxygen atoms in total. The van der Waals surface area contributed by atoms with Gasteiger partial charge in [-0.2, -0.15) is 0 Å². The van der Waals surface area contributed by atoms with E-state index < -0.39 is 0 Å². The molecule has 2 heteroatoms. The molecule has 228 valence electrons. The lowest BCUT2D eigenvalue weighted by Crippen LogP contribution is -1.98. The number of nitrogens with zero attached hydrogens (tertiary/aromatic N) is 1. The highest BCUT2D eigenvalue weighted by molar-refractivity contribution is 6.11. The van der Waals surface area contributed by atoms with Gasteiger partial charge in [-0.15, -0.1) is 0 Å². The minimum atomic E-state index is 0.404. The fourth-order valence-corrected chi connectivity index (χ4v) is 5.94. The van der Waals surface area contributed by atoms with Crippen molar-refractivity contribution >= 4 is 17.6 Å². The maximum Gasteiger partial charge on any atom is 0.0729 e. The van der Waals surface area contributed by atoms with Crippen LogP contribution in [0.3, 0.4) is 0 Å². The van der Waals surface area contributed by atoms with Crippen LogP contribution in [0.25, 0.3) is 50.2 Å². The Morgan fingerprint density at radius 1 is 0.396 bits per heavy atom. The molecule has 0 aromatic heterocycles. The van der Waals surface area contributed by atoms with Gasteiger partial charge >= 0.3 is 0 Å². The van der Waals surface area contributed by atoms with Crippen molar-refractivity contribution in [2.24, 2.45) is 4.99 Å². The lowest BCUT2D eigenvalue weighted by atomic mass is 9.94. The summed E-state index contributed by atoms with van der Waals surface area (Å²) in [5, 5.41) is 9.01. The summed E-state index contributed by atoms with van der Waals surface area (Å²) < 4.78 is 0. The molecule has 0 aliphatic heterocycles. The largest absolute Gasteiger partial charge is 0.300 e. The van der Waals surface area contributed by atoms with E-state index in [1.807, 2.05) is 66.9 Å². The Balaban J connectivity index is 1.27. The van der Waals surface area contributed by atoms with Crippen LogP contribution in [-0.4, -0.2) is 11.9 Å². The first-order valence-electron chi connectivity index (χ1n) is 16.1. The number of hydrogen-bond donors (Lipinski definition) is 1. The van der Waals surface area contributed by atoms with Crippen LogP contribution in [0.4, 0.5) is 0 Å². The van der Waals surface area contributed by atoms with E-state index in [-0.39, 0.29) is 0 Å². The van der Waals surface area contributed by atoms with Crippen molar-refractivity contribution in [2.75, 3.05) is 0 Å². The number of rotatable bonds is 9. The smallest absolute Gasteiger partial charge is 0.0729 e. The Morgan fingerprint density at radius 2 is 0.812 bits per heavy atom. The summed E-state index contributed by atoms with van der Waals surface area (Å²) in [7, 11) is 0. The highest BCUT2D eigenvalue weighted by atomic mass is 14.7. The van der Waals surface area contributed by atoms with Gasteiger partial charge in [0.1, 0.15) is 0 Å². The molecule has 7 aromatic carbocycles. The highest BCUT2D eigenvalue weighted by Gasteiger charge is 2.12. The molecule has 0 heterocycles. The number of aliphatic imine (C=N–C) groups is 1. The van der Waals surface area contributed by atoms with Gasteiger partial charge in [-0.3, -0.25) is 4.99 Å². The van der Waals surface area contributed by atoms with E-state index in [9.17, 15) is 0 Å². The fourth-order valence-electron chi connectivity index (χ4n) is 5.94. The summed E-state index contributed by atoms with van der Waals surface area (Å²) >= 11 is 0. The summed E-state index contributed by atoms with van der Waals surface area (Å²) in [6, 6.07) is 64.7. The van der Waals surface area contributed by atoms with Crippen LogP contribution in [0.5, 0.6) is 0 Å². The highest BCUT2D eigenvalue weighted by Crippen LogP contribution is 2.33. The molecule has 0 radical (unpaired) electrons. The molecular formula is C46H34N2. The molecule has 0 atom stereocenters. The van der Waals surface area contributed by atoms with Crippen molar-refractivity contribution in [3.8, 4) is 44.5 Å². The standard InChI is InChI=1S/C46H34N2/c47-45(40-18-8-3-9-19-40)32-46(44-23-13-12-22-43(44)39-30-26-37(27-31-39)35-16-6-2-7-17-35)48-33-41-20-10-11-21-42(41)38-28-24-36(25-29-38)34-14-4-1-5-15-34/h1-33,47H/b46-32-,47-45?,48-33?. The molecule has 0 amide bonds. The Labute approximate surface area is 282 Å². The van der Waals surface area contributed by atoms with Crippen molar-refractivity contribution in [1.82, 2.24) is 0 Å². The summed E-state index contributed by atoms with van der Waals surface area (Å²) in [6.07, 6.45) is 3.81. The number of benzene rings is 7. The van der Waals surface area contributed by atoms with Crippen molar-refractivity contribution in [2.45, 2.75) is 0 Å². The topological polar surface area (TPSA) is 36.2 Å². The second-order valence-corrected chi connectivity index (χ2v) is 11.6. The predicted molar refractivity (Wildman–Crippen MR) is 203 cm³/mol. The van der Waals surface area contributed by atoms with E-state index in [1.165, 1.54) is 22.3 Å². The molecule has 0 fully saturated rings. The SMILES string of the molecule is N=C(/C=C(\N=Cc1ccccc1-c1ccc(-c2ccccc2)cc1)c1ccccc1-c1ccc(-c2ccccc2)cc1)c1ccccc1. The molecule has 0 aliphatic carbocycles. The Morgan fingerprint density at radius 3 is 1.40 bits per heavy atom. The minimum absolute atomic E-state index is 0.404. The van der Waals surface area contributed by atoms with Crippen LogP contribution < -0.4 is 0 Å². The monoisotopic (exact) mass is 614 g/mol. The molecule has 1 N–H and O–H groups in total. The van der Waals surface area contributed by atoms with Gasteiger partial charge in [0.25, 0.3) is 0 Å². The van der Waals surface area contributed by atoms with Gasteiger partial charge in [0, 0.05) is 17.3 Å². The second kappa shape index (κ2) is 14.4. The average molecular weight is 615 g/mol. The zero-order valence-corrected chi connectivity index (χ0v) is 26.5. The maximum absolute atomic E-state index is 9.01. The predicted octanol–water partition coefficient (Wildman–Crippen LogP) is 11.9. The van der Waals surface area contributed by atoms with Gasteiger partial charge in [-0.1, -0.05) is 188 Å². The maximum atomic E-state index is 9.01. The van der Waals surface area contributed by atoms with Crippen LogP contribution in [-0.2, 0) is 0 Å². The Bertz CT molecular complexity index is 2200. The molecule has 0 unspecified atom stereocenters. The molecule has 0 aliphatic rings. The molecule has 0 bridgehead atoms. The first-order chi connectivity index (χ1) is 23.7. The number of hydrogen-bond acceptors (Lipinski definition) is 2. The van der Waals surface area contributed by atoms with E-state index in [4.69, 9.17) is 10.4 Å². The van der Waals surface area contributed by atoms with E-state index in [1.54, 1.807) is 0 Å². The Kier molecular flexibility index (Phi) is 9.06. The molecule has 0 saturated carbocycles. The van der Waals surface area contributed by atoms with Crippen molar-refractivity contribution < 1.29 is 0 Å². The molecule has 48 heavy (non-hydrogen) atoms. The first-order valence-corrected chi connectivity index (χ1v) is 16.1. The third-order valence-corrected chi connectivity index (χ3v) is 8.48. The first kappa shape index (κ1) is 30.3. The van der Waals surface area contributed by atoms with Gasteiger partial charge in [-0.05, 0) is 56.1 Å². The molecule has 7 rings (SSSR count). The molecule has 0 saturated heterocycles.